The monoisotopic (exact) mass is 450 g/mol. The van der Waals surface area contributed by atoms with Crippen molar-refractivity contribution in [2.75, 3.05) is 6.61 Å². The van der Waals surface area contributed by atoms with Crippen LogP contribution in [0.1, 0.15) is 59.3 Å². The van der Waals surface area contributed by atoms with Gasteiger partial charge in [-0.1, -0.05) is 50.8 Å². The first-order chi connectivity index (χ1) is 14.8. The zero-order valence-electron chi connectivity index (χ0n) is 18.4. The van der Waals surface area contributed by atoms with Crippen LogP contribution >= 0.6 is 11.6 Å². The van der Waals surface area contributed by atoms with Crippen molar-refractivity contribution in [1.82, 2.24) is 5.32 Å². The molecule has 0 bridgehead atoms. The molecule has 4 unspecified atom stereocenters. The van der Waals surface area contributed by atoms with Gasteiger partial charge in [-0.25, -0.2) is 9.79 Å². The topological polar surface area (TPSA) is 94.1 Å². The number of amides is 2. The van der Waals surface area contributed by atoms with E-state index in [4.69, 9.17) is 21.1 Å². The van der Waals surface area contributed by atoms with Crippen molar-refractivity contribution in [1.29, 1.82) is 0 Å². The second-order valence-corrected chi connectivity index (χ2v) is 9.03. The van der Waals surface area contributed by atoms with E-state index in [0.29, 0.717) is 30.4 Å². The SMILES string of the molecule is CCC1=NC(=O)NC(C2C=C(Cl)C(OC(C)=O)=CC2C)C1C(=O)OCC1CCCCC1. The molecular weight excluding hydrogens is 420 g/mol. The molecule has 0 saturated heterocycles. The van der Waals surface area contributed by atoms with E-state index in [1.54, 1.807) is 12.2 Å². The molecule has 8 heteroatoms. The van der Waals surface area contributed by atoms with Crippen LogP contribution in [0.25, 0.3) is 0 Å². The Kier molecular flexibility index (Phi) is 7.92. The average Bonchev–Trinajstić information content (AvgIpc) is 2.74. The minimum Gasteiger partial charge on any atom is -0.465 e. The highest BCUT2D eigenvalue weighted by molar-refractivity contribution is 6.32. The molecule has 1 aliphatic heterocycles. The predicted octanol–water partition coefficient (Wildman–Crippen LogP) is 4.50. The predicted molar refractivity (Wildman–Crippen MR) is 118 cm³/mol. The molecule has 0 spiro atoms. The van der Waals surface area contributed by atoms with Crippen molar-refractivity contribution in [3.63, 3.8) is 0 Å². The molecule has 1 fully saturated rings. The summed E-state index contributed by atoms with van der Waals surface area (Å²) in [6.07, 6.45) is 9.71. The van der Waals surface area contributed by atoms with Crippen molar-refractivity contribution in [3.8, 4) is 0 Å². The molecule has 7 nitrogen and oxygen atoms in total. The van der Waals surface area contributed by atoms with E-state index in [1.165, 1.54) is 26.2 Å². The summed E-state index contributed by atoms with van der Waals surface area (Å²) in [5, 5.41) is 3.14. The Labute approximate surface area is 188 Å². The molecule has 0 aromatic rings. The van der Waals surface area contributed by atoms with Crippen LogP contribution in [-0.2, 0) is 19.1 Å². The third kappa shape index (κ3) is 5.76. The highest BCUT2D eigenvalue weighted by Gasteiger charge is 2.44. The number of hydrogen-bond acceptors (Lipinski definition) is 5. The molecular formula is C23H31ClN2O5. The van der Waals surface area contributed by atoms with Gasteiger partial charge in [0.2, 0.25) is 0 Å². The lowest BCUT2D eigenvalue weighted by molar-refractivity contribution is -0.149. The molecule has 170 valence electrons. The summed E-state index contributed by atoms with van der Waals surface area (Å²) < 4.78 is 10.9. The number of carbonyl (C=O) groups excluding carboxylic acids is 3. The maximum atomic E-state index is 13.2. The van der Waals surface area contributed by atoms with Gasteiger partial charge in [-0.3, -0.25) is 9.59 Å². The fraction of sp³-hybridized carbons (Fsp3) is 0.652. The molecule has 2 aliphatic carbocycles. The van der Waals surface area contributed by atoms with Crippen LogP contribution in [0, 0.1) is 23.7 Å². The number of aliphatic imine (C=N–C) groups is 1. The van der Waals surface area contributed by atoms with Gasteiger partial charge in [0.05, 0.1) is 17.7 Å². The summed E-state index contributed by atoms with van der Waals surface area (Å²) in [4.78, 5) is 40.8. The quantitative estimate of drug-likeness (QED) is 0.601. The van der Waals surface area contributed by atoms with E-state index < -0.39 is 24.0 Å². The molecule has 4 atom stereocenters. The van der Waals surface area contributed by atoms with Crippen LogP contribution in [0.3, 0.4) is 0 Å². The Hall–Kier alpha value is -2.15. The summed E-state index contributed by atoms with van der Waals surface area (Å²) in [5.74, 6) is -1.22. The lowest BCUT2D eigenvalue weighted by atomic mass is 9.75. The van der Waals surface area contributed by atoms with E-state index in [2.05, 4.69) is 10.3 Å². The molecule has 31 heavy (non-hydrogen) atoms. The van der Waals surface area contributed by atoms with Crippen LogP contribution in [-0.4, -0.2) is 36.3 Å². The van der Waals surface area contributed by atoms with Crippen molar-refractivity contribution >= 4 is 35.3 Å². The number of hydrogen-bond donors (Lipinski definition) is 1. The van der Waals surface area contributed by atoms with Gasteiger partial charge in [-0.2, -0.15) is 0 Å². The van der Waals surface area contributed by atoms with Gasteiger partial charge in [-0.05, 0) is 37.2 Å². The number of carbonyl (C=O) groups is 3. The Morgan fingerprint density at radius 2 is 1.94 bits per heavy atom. The summed E-state index contributed by atoms with van der Waals surface area (Å²) in [6, 6.07) is -1.01. The first-order valence-electron chi connectivity index (χ1n) is 11.1. The maximum absolute atomic E-state index is 13.2. The maximum Gasteiger partial charge on any atom is 0.341 e. The molecule has 1 N–H and O–H groups in total. The van der Waals surface area contributed by atoms with Crippen LogP contribution in [0.4, 0.5) is 4.79 Å². The molecule has 0 aromatic heterocycles. The van der Waals surface area contributed by atoms with Crippen molar-refractivity contribution in [3.05, 3.63) is 22.9 Å². The summed E-state index contributed by atoms with van der Waals surface area (Å²) >= 11 is 6.36. The van der Waals surface area contributed by atoms with Crippen LogP contribution < -0.4 is 5.32 Å². The lowest BCUT2D eigenvalue weighted by Crippen LogP contribution is -2.55. The Bertz CT molecular complexity index is 813. The molecule has 1 saturated carbocycles. The van der Waals surface area contributed by atoms with E-state index in [-0.39, 0.29) is 22.8 Å². The van der Waals surface area contributed by atoms with E-state index in [1.807, 2.05) is 13.8 Å². The van der Waals surface area contributed by atoms with Crippen LogP contribution in [0.2, 0.25) is 0 Å². The van der Waals surface area contributed by atoms with E-state index >= 15 is 0 Å². The molecule has 1 heterocycles. The molecule has 3 rings (SSSR count). The number of nitrogens with zero attached hydrogens (tertiary/aromatic N) is 1. The number of ether oxygens (including phenoxy) is 2. The first kappa shape index (κ1) is 23.5. The van der Waals surface area contributed by atoms with Crippen molar-refractivity contribution < 1.29 is 23.9 Å². The van der Waals surface area contributed by atoms with Crippen LogP contribution in [0.5, 0.6) is 0 Å². The van der Waals surface area contributed by atoms with E-state index in [0.717, 1.165) is 12.8 Å². The fourth-order valence-corrected chi connectivity index (χ4v) is 4.96. The highest BCUT2D eigenvalue weighted by atomic mass is 35.5. The highest BCUT2D eigenvalue weighted by Crippen LogP contribution is 2.36. The molecule has 0 radical (unpaired) electrons. The molecule has 3 aliphatic rings. The van der Waals surface area contributed by atoms with Gasteiger partial charge in [-0.15, -0.1) is 0 Å². The zero-order chi connectivity index (χ0) is 22.5. The summed E-state index contributed by atoms with van der Waals surface area (Å²) in [5.41, 5.74) is 0.522. The van der Waals surface area contributed by atoms with Gasteiger partial charge in [0, 0.05) is 18.6 Å². The number of nitrogens with one attached hydrogen (secondary N) is 1. The number of rotatable bonds is 6. The molecule has 0 aromatic carbocycles. The van der Waals surface area contributed by atoms with Gasteiger partial charge in [0.15, 0.2) is 0 Å². The normalized spacial score (nSPS) is 29.3. The Morgan fingerprint density at radius 3 is 2.58 bits per heavy atom. The zero-order valence-corrected chi connectivity index (χ0v) is 19.1. The van der Waals surface area contributed by atoms with Crippen molar-refractivity contribution in [2.45, 2.75) is 65.3 Å². The minimum atomic E-state index is -0.678. The van der Waals surface area contributed by atoms with Crippen LogP contribution in [0.15, 0.2) is 27.9 Å². The second-order valence-electron chi connectivity index (χ2n) is 8.62. The largest absolute Gasteiger partial charge is 0.465 e. The second kappa shape index (κ2) is 10.4. The Morgan fingerprint density at radius 1 is 1.23 bits per heavy atom. The summed E-state index contributed by atoms with van der Waals surface area (Å²) in [7, 11) is 0. The smallest absolute Gasteiger partial charge is 0.341 e. The summed E-state index contributed by atoms with van der Waals surface area (Å²) in [6.45, 7) is 5.52. The number of urea groups is 1. The lowest BCUT2D eigenvalue weighted by Gasteiger charge is -2.38. The standard InChI is InChI=1S/C23H31ClN2O5/c1-4-18-20(22(28)30-12-15-8-6-5-7-9-15)21(26-23(29)25-18)16-11-17(24)19(10-13(16)2)31-14(3)27/h10-11,13,15-16,20-21H,4-9,12H2,1-3H3,(H,26,29). The van der Waals surface area contributed by atoms with Gasteiger partial charge >= 0.3 is 18.0 Å². The average molecular weight is 451 g/mol. The van der Waals surface area contributed by atoms with Crippen molar-refractivity contribution in [2.24, 2.45) is 28.7 Å². The van der Waals surface area contributed by atoms with Gasteiger partial charge in [0.25, 0.3) is 0 Å². The van der Waals surface area contributed by atoms with Gasteiger partial charge < -0.3 is 14.8 Å². The Balaban J connectivity index is 1.80. The number of esters is 2. The van der Waals surface area contributed by atoms with E-state index in [9.17, 15) is 14.4 Å². The van der Waals surface area contributed by atoms with Gasteiger partial charge in [0.1, 0.15) is 11.7 Å². The number of halogens is 1. The third-order valence-electron chi connectivity index (χ3n) is 6.32. The third-order valence-corrected chi connectivity index (χ3v) is 6.63. The first-order valence-corrected chi connectivity index (χ1v) is 11.5. The number of allylic oxidation sites excluding steroid dienone is 2. The fourth-order valence-electron chi connectivity index (χ4n) is 4.71. The minimum absolute atomic E-state index is 0.132. The molecule has 2 amide bonds.